The van der Waals surface area contributed by atoms with Gasteiger partial charge in [0.2, 0.25) is 5.91 Å². The Kier molecular flexibility index (Phi) is 7.12. The van der Waals surface area contributed by atoms with Crippen LogP contribution >= 0.6 is 15.9 Å². The van der Waals surface area contributed by atoms with Crippen molar-refractivity contribution in [2.75, 3.05) is 19.0 Å². The van der Waals surface area contributed by atoms with E-state index in [2.05, 4.69) is 31.3 Å². The van der Waals surface area contributed by atoms with E-state index in [4.69, 9.17) is 4.74 Å². The van der Waals surface area contributed by atoms with Gasteiger partial charge >= 0.3 is 6.61 Å². The molecule has 0 radical (unpaired) electrons. The monoisotopic (exact) mass is 442 g/mol. The van der Waals surface area contributed by atoms with Crippen molar-refractivity contribution < 1.29 is 27.8 Å². The van der Waals surface area contributed by atoms with E-state index >= 15 is 0 Å². The van der Waals surface area contributed by atoms with Crippen LogP contribution in [0.4, 0.5) is 14.5 Å². The Hall–Kier alpha value is -2.68. The zero-order valence-electron chi connectivity index (χ0n) is 14.5. The number of rotatable bonds is 7. The van der Waals surface area contributed by atoms with Gasteiger partial charge in [0, 0.05) is 15.7 Å². The summed E-state index contributed by atoms with van der Waals surface area (Å²) in [6.45, 7) is -1.38. The molecule has 0 saturated carbocycles. The van der Waals surface area contributed by atoms with Gasteiger partial charge in [-0.05, 0) is 48.9 Å². The highest BCUT2D eigenvalue weighted by molar-refractivity contribution is 9.10. The molecule has 0 atom stereocenters. The third-order valence-electron chi connectivity index (χ3n) is 3.49. The van der Waals surface area contributed by atoms with Gasteiger partial charge in [-0.1, -0.05) is 15.9 Å². The fraction of sp³-hybridized carbons (Fsp3) is 0.222. The van der Waals surface area contributed by atoms with Crippen LogP contribution < -0.4 is 20.1 Å². The number of hydrogen-bond donors (Lipinski definition) is 2. The summed E-state index contributed by atoms with van der Waals surface area (Å²) in [5, 5.41) is 5.12. The van der Waals surface area contributed by atoms with Gasteiger partial charge in [0.25, 0.3) is 5.91 Å². The quantitative estimate of drug-likeness (QED) is 0.684. The third kappa shape index (κ3) is 5.92. The highest BCUT2D eigenvalue weighted by Gasteiger charge is 2.15. The Balaban J connectivity index is 1.96. The van der Waals surface area contributed by atoms with Crippen LogP contribution in [0, 0.1) is 6.92 Å². The molecule has 0 aliphatic carbocycles. The van der Waals surface area contributed by atoms with Crippen LogP contribution in [0.15, 0.2) is 40.9 Å². The Labute approximate surface area is 163 Å². The molecule has 0 saturated heterocycles. The number of amides is 2. The van der Waals surface area contributed by atoms with Gasteiger partial charge in [-0.2, -0.15) is 8.78 Å². The summed E-state index contributed by atoms with van der Waals surface area (Å²) in [6.07, 6.45) is 0. The van der Waals surface area contributed by atoms with Crippen LogP contribution in [-0.2, 0) is 4.79 Å². The molecule has 0 heterocycles. The number of carbonyl (C=O) groups excluding carboxylic acids is 2. The zero-order chi connectivity index (χ0) is 20.0. The predicted octanol–water partition coefficient (Wildman–Crippen LogP) is 3.74. The van der Waals surface area contributed by atoms with Crippen molar-refractivity contribution in [1.29, 1.82) is 0 Å². The first kappa shape index (κ1) is 20.6. The molecule has 0 spiro atoms. The predicted molar refractivity (Wildman–Crippen MR) is 99.5 cm³/mol. The molecule has 2 rings (SSSR count). The van der Waals surface area contributed by atoms with Crippen molar-refractivity contribution in [2.24, 2.45) is 0 Å². The fourth-order valence-electron chi connectivity index (χ4n) is 2.19. The van der Waals surface area contributed by atoms with E-state index in [1.165, 1.54) is 25.3 Å². The first-order valence-corrected chi connectivity index (χ1v) is 8.56. The molecule has 27 heavy (non-hydrogen) atoms. The number of hydrogen-bond acceptors (Lipinski definition) is 4. The van der Waals surface area contributed by atoms with E-state index in [0.717, 1.165) is 10.0 Å². The molecule has 6 nitrogen and oxygen atoms in total. The Morgan fingerprint density at radius 3 is 2.52 bits per heavy atom. The number of carbonyl (C=O) groups is 2. The number of anilines is 1. The summed E-state index contributed by atoms with van der Waals surface area (Å²) in [4.78, 5) is 24.1. The molecule has 144 valence electrons. The summed E-state index contributed by atoms with van der Waals surface area (Å²) in [5.74, 6) is -1.17. The smallest absolute Gasteiger partial charge is 0.387 e. The first-order chi connectivity index (χ1) is 12.8. The van der Waals surface area contributed by atoms with Crippen molar-refractivity contribution in [3.63, 3.8) is 0 Å². The lowest BCUT2D eigenvalue weighted by Crippen LogP contribution is -2.32. The minimum atomic E-state index is -3.01. The van der Waals surface area contributed by atoms with Gasteiger partial charge in [0.15, 0.2) is 11.5 Å². The molecular weight excluding hydrogens is 426 g/mol. The van der Waals surface area contributed by atoms with E-state index in [1.807, 2.05) is 6.92 Å². The standard InChI is InChI=1S/C18H17BrF2N2O4/c1-10-7-12(4-5-13(10)19)23-16(24)9-22-17(25)11-3-6-14(27-18(20)21)15(8-11)26-2/h3-8,18H,9H2,1-2H3,(H,22,25)(H,23,24). The minimum Gasteiger partial charge on any atom is -0.493 e. The number of benzene rings is 2. The number of halogens is 3. The molecular formula is C18H17BrF2N2O4. The van der Waals surface area contributed by atoms with E-state index < -0.39 is 18.4 Å². The minimum absolute atomic E-state index is 0.0160. The maximum absolute atomic E-state index is 12.3. The van der Waals surface area contributed by atoms with Gasteiger partial charge < -0.3 is 20.1 Å². The lowest BCUT2D eigenvalue weighted by molar-refractivity contribution is -0.115. The highest BCUT2D eigenvalue weighted by atomic mass is 79.9. The molecule has 0 aliphatic rings. The number of nitrogens with one attached hydrogen (secondary N) is 2. The summed E-state index contributed by atoms with van der Waals surface area (Å²) >= 11 is 3.37. The molecule has 2 N–H and O–H groups in total. The molecule has 0 aromatic heterocycles. The van der Waals surface area contributed by atoms with Crippen LogP contribution in [0.3, 0.4) is 0 Å². The van der Waals surface area contributed by atoms with Gasteiger partial charge in [-0.3, -0.25) is 9.59 Å². The molecule has 2 amide bonds. The van der Waals surface area contributed by atoms with Crippen LogP contribution in [0.5, 0.6) is 11.5 Å². The number of aryl methyl sites for hydroxylation is 1. The van der Waals surface area contributed by atoms with Crippen LogP contribution in [0.25, 0.3) is 0 Å². The van der Waals surface area contributed by atoms with Crippen molar-refractivity contribution in [3.8, 4) is 11.5 Å². The number of methoxy groups -OCH3 is 1. The van der Waals surface area contributed by atoms with Crippen molar-refractivity contribution in [2.45, 2.75) is 13.5 Å². The van der Waals surface area contributed by atoms with Crippen LogP contribution in [-0.4, -0.2) is 32.1 Å². The second-order valence-corrected chi connectivity index (χ2v) is 6.29. The first-order valence-electron chi connectivity index (χ1n) is 7.77. The lowest BCUT2D eigenvalue weighted by atomic mass is 10.2. The Morgan fingerprint density at radius 1 is 1.15 bits per heavy atom. The summed E-state index contributed by atoms with van der Waals surface area (Å²) in [6, 6.07) is 9.07. The molecule has 0 aliphatic heterocycles. The van der Waals surface area contributed by atoms with Gasteiger partial charge in [-0.25, -0.2) is 0 Å². The lowest BCUT2D eigenvalue weighted by Gasteiger charge is -2.12. The van der Waals surface area contributed by atoms with Crippen LogP contribution in [0.1, 0.15) is 15.9 Å². The molecule has 9 heteroatoms. The van der Waals surface area contributed by atoms with E-state index in [9.17, 15) is 18.4 Å². The van der Waals surface area contributed by atoms with Crippen molar-refractivity contribution in [3.05, 3.63) is 52.0 Å². The largest absolute Gasteiger partial charge is 0.493 e. The van der Waals surface area contributed by atoms with Crippen LogP contribution in [0.2, 0.25) is 0 Å². The van der Waals surface area contributed by atoms with Gasteiger partial charge in [0.1, 0.15) is 0 Å². The number of alkyl halides is 2. The Morgan fingerprint density at radius 2 is 1.89 bits per heavy atom. The SMILES string of the molecule is COc1cc(C(=O)NCC(=O)Nc2ccc(Br)c(C)c2)ccc1OC(F)F. The van der Waals surface area contributed by atoms with Crippen molar-refractivity contribution in [1.82, 2.24) is 5.32 Å². The maximum Gasteiger partial charge on any atom is 0.387 e. The van der Waals surface area contributed by atoms with Gasteiger partial charge in [-0.15, -0.1) is 0 Å². The fourth-order valence-corrected chi connectivity index (χ4v) is 2.44. The molecule has 2 aromatic carbocycles. The van der Waals surface area contributed by atoms with Crippen molar-refractivity contribution >= 4 is 33.4 Å². The molecule has 2 aromatic rings. The molecule has 0 bridgehead atoms. The van der Waals surface area contributed by atoms with E-state index in [-0.39, 0.29) is 23.6 Å². The normalized spacial score (nSPS) is 10.4. The second kappa shape index (κ2) is 9.31. The molecule has 0 unspecified atom stereocenters. The second-order valence-electron chi connectivity index (χ2n) is 5.44. The highest BCUT2D eigenvalue weighted by Crippen LogP contribution is 2.29. The summed E-state index contributed by atoms with van der Waals surface area (Å²) in [7, 11) is 1.27. The van der Waals surface area contributed by atoms with E-state index in [0.29, 0.717) is 5.69 Å². The van der Waals surface area contributed by atoms with E-state index in [1.54, 1.807) is 18.2 Å². The number of ether oxygens (including phenoxy) is 2. The summed E-state index contributed by atoms with van der Waals surface area (Å²) < 4.78 is 34.8. The topological polar surface area (TPSA) is 76.7 Å². The van der Waals surface area contributed by atoms with Gasteiger partial charge in [0.05, 0.1) is 13.7 Å². The zero-order valence-corrected chi connectivity index (χ0v) is 16.1. The Bertz CT molecular complexity index is 846. The average Bonchev–Trinajstić information content (AvgIpc) is 2.62. The summed E-state index contributed by atoms with van der Waals surface area (Å²) in [5.41, 5.74) is 1.70. The third-order valence-corrected chi connectivity index (χ3v) is 4.38. The molecule has 0 fully saturated rings. The average molecular weight is 443 g/mol. The maximum atomic E-state index is 12.3.